The third-order valence-electron chi connectivity index (χ3n) is 13.0. The first-order chi connectivity index (χ1) is 41.0. The molecule has 0 unspecified atom stereocenters. The molecule has 87 heavy (non-hydrogen) atoms. The normalized spacial score (nSPS) is 23.3. The fourth-order valence-corrected chi connectivity index (χ4v) is 9.99. The van der Waals surface area contributed by atoms with E-state index in [-0.39, 0.29) is 63.4 Å². The highest BCUT2D eigenvalue weighted by molar-refractivity contribution is 7.81. The summed E-state index contributed by atoms with van der Waals surface area (Å²) in [6, 6.07) is -6.35. The van der Waals surface area contributed by atoms with Gasteiger partial charge in [0.15, 0.2) is 12.6 Å². The van der Waals surface area contributed by atoms with E-state index in [2.05, 4.69) is 66.2 Å². The van der Waals surface area contributed by atoms with Crippen molar-refractivity contribution in [3.8, 4) is 0 Å². The average molecular weight is 1290 g/mol. The van der Waals surface area contributed by atoms with Crippen molar-refractivity contribution in [3.05, 3.63) is 23.8 Å². The van der Waals surface area contributed by atoms with Gasteiger partial charge in [0.25, 0.3) is 0 Å². The van der Waals surface area contributed by atoms with E-state index >= 15 is 0 Å². The maximum absolute atomic E-state index is 13.6. The number of aliphatic hydroxyl groups is 4. The summed E-state index contributed by atoms with van der Waals surface area (Å²) in [6.45, 7) is 0.408. The summed E-state index contributed by atoms with van der Waals surface area (Å²) in [5.41, 5.74) is 11.4. The molecule has 8 amide bonds. The van der Waals surface area contributed by atoms with Crippen molar-refractivity contribution in [1.82, 2.24) is 67.2 Å². The highest BCUT2D eigenvalue weighted by Gasteiger charge is 2.50. The molecule has 13 atom stereocenters. The molecule has 2 aliphatic heterocycles. The molecule has 4 heterocycles. The van der Waals surface area contributed by atoms with Crippen LogP contribution in [0.15, 0.2) is 12.4 Å². The molecule has 2 saturated heterocycles. The lowest BCUT2D eigenvalue weighted by Gasteiger charge is -2.43. The predicted octanol–water partition coefficient (Wildman–Crippen LogP) is -8.19. The third kappa shape index (κ3) is 25.6. The minimum atomic E-state index is -5.14. The molecule has 2 fully saturated rings. The summed E-state index contributed by atoms with van der Waals surface area (Å²) in [5, 5.41) is 74.4. The molecule has 41 heteroatoms. The fourth-order valence-electron chi connectivity index (χ4n) is 8.95. The highest BCUT2D eigenvalue weighted by Crippen LogP contribution is 2.28. The summed E-state index contributed by atoms with van der Waals surface area (Å²) in [4.78, 5) is 101. The lowest BCUT2D eigenvalue weighted by atomic mass is 9.97. The molecule has 0 saturated carbocycles. The number of nitrogens with one attached hydrogen (secondary N) is 7. The molecule has 492 valence electrons. The maximum atomic E-state index is 13.6. The van der Waals surface area contributed by atoms with Gasteiger partial charge in [0.1, 0.15) is 78.2 Å². The van der Waals surface area contributed by atoms with E-state index in [4.69, 9.17) is 30.4 Å². The first-order valence-electron chi connectivity index (χ1n) is 27.2. The zero-order valence-electron chi connectivity index (χ0n) is 47.6. The number of carbonyl (C=O) groups is 8. The molecule has 2 aromatic heterocycles. The van der Waals surface area contributed by atoms with Gasteiger partial charge < -0.3 is 88.1 Å². The van der Waals surface area contributed by atoms with Crippen LogP contribution in [0.1, 0.15) is 89.9 Å². The monoisotopic (exact) mass is 1290 g/mol. The van der Waals surface area contributed by atoms with E-state index in [1.165, 1.54) is 28.7 Å². The molecule has 4 rings (SSSR count). The molecule has 0 spiro atoms. The Morgan fingerprint density at radius 1 is 0.609 bits per heavy atom. The van der Waals surface area contributed by atoms with Crippen LogP contribution in [0.25, 0.3) is 0 Å². The van der Waals surface area contributed by atoms with Gasteiger partial charge >= 0.3 is 20.8 Å². The van der Waals surface area contributed by atoms with E-state index in [9.17, 15) is 84.7 Å². The van der Waals surface area contributed by atoms with Crippen LogP contribution in [0.4, 0.5) is 0 Å². The van der Waals surface area contributed by atoms with Crippen LogP contribution < -0.4 is 48.7 Å². The van der Waals surface area contributed by atoms with E-state index in [0.29, 0.717) is 38.6 Å². The number of hydrogen-bond donors (Lipinski definition) is 15. The van der Waals surface area contributed by atoms with E-state index in [1.54, 1.807) is 0 Å². The van der Waals surface area contributed by atoms with Crippen molar-refractivity contribution in [3.63, 3.8) is 0 Å². The summed E-state index contributed by atoms with van der Waals surface area (Å²) in [5.74, 6) is -5.88. The predicted molar refractivity (Wildman–Crippen MR) is 288 cm³/mol. The summed E-state index contributed by atoms with van der Waals surface area (Å²) in [7, 11) is -10.3. The maximum Gasteiger partial charge on any atom is 0.397 e. The van der Waals surface area contributed by atoms with Crippen molar-refractivity contribution in [2.24, 2.45) is 11.5 Å². The second-order valence-corrected chi connectivity index (χ2v) is 22.1. The molecule has 0 radical (unpaired) electrons. The molecule has 2 aliphatic rings. The van der Waals surface area contributed by atoms with Crippen molar-refractivity contribution >= 4 is 68.1 Å². The van der Waals surface area contributed by atoms with Crippen LogP contribution in [-0.4, -0.2) is 236 Å². The van der Waals surface area contributed by atoms with Gasteiger partial charge in [0, 0.05) is 33.9 Å². The Kier molecular flexibility index (Phi) is 29.7. The Bertz CT molecular complexity index is 2830. The number of primary amides is 1. The zero-order chi connectivity index (χ0) is 64.6. The van der Waals surface area contributed by atoms with Crippen molar-refractivity contribution in [2.45, 2.75) is 184 Å². The van der Waals surface area contributed by atoms with Crippen LogP contribution in [0.5, 0.6) is 0 Å². The third-order valence-corrected chi connectivity index (χ3v) is 13.9. The lowest BCUT2D eigenvalue weighted by molar-refractivity contribution is -0.269. The minimum absolute atomic E-state index is 0.0306. The average Bonchev–Trinajstić information content (AvgIpc) is 1.73. The smallest absolute Gasteiger partial charge is 0.394 e. The van der Waals surface area contributed by atoms with Gasteiger partial charge in [-0.2, -0.15) is 16.8 Å². The van der Waals surface area contributed by atoms with Crippen LogP contribution in [0.3, 0.4) is 0 Å². The van der Waals surface area contributed by atoms with Gasteiger partial charge in [-0.25, -0.2) is 8.37 Å². The second-order valence-electron chi connectivity index (χ2n) is 20.0. The molecule has 2 aromatic rings. The SMILES string of the molecule is CC(=O)N[C@H]1[C@H](OCc2cn(CCCC[C@H](NC(C)=O)C(=O)NCC(=O)N[C@@H](CCCCn3cc(CO[C@@H]4O[C@H](CO)[C@H](OS(=O)(=O)O)[C@H](O)[C@H]4NC(C)=O)nn3)C(=O)NCC(=O)N[C@@H](CCCCN)C(N)=O)nn2)O[C@H](CO)[C@H](OS(=O)(=O)O)[C@@H]1O. The number of nitrogens with two attached hydrogens (primary N) is 2. The van der Waals surface area contributed by atoms with Gasteiger partial charge in [-0.3, -0.25) is 56.8 Å². The van der Waals surface area contributed by atoms with Gasteiger partial charge in [-0.05, 0) is 64.3 Å². The largest absolute Gasteiger partial charge is 0.397 e. The number of unbranched alkanes of at least 4 members (excludes halogenated alkanes) is 3. The van der Waals surface area contributed by atoms with Crippen molar-refractivity contribution < 1.29 is 112 Å². The van der Waals surface area contributed by atoms with Gasteiger partial charge in [0.2, 0.25) is 47.3 Å². The Balaban J connectivity index is 1.32. The fraction of sp³-hybridized carbons (Fsp3) is 0.739. The van der Waals surface area contributed by atoms with Crippen LogP contribution in [-0.2, 0) is 113 Å². The van der Waals surface area contributed by atoms with Crippen LogP contribution in [0, 0.1) is 0 Å². The number of rotatable bonds is 38. The quantitative estimate of drug-likeness (QED) is 0.0219. The van der Waals surface area contributed by atoms with E-state index in [0.717, 1.165) is 13.8 Å². The van der Waals surface area contributed by atoms with Gasteiger partial charge in [0.05, 0.1) is 51.9 Å². The summed E-state index contributed by atoms with van der Waals surface area (Å²) in [6.07, 6.45) is -7.93. The molecule has 0 bridgehead atoms. The number of aryl methyl sites for hydroxylation is 2. The highest BCUT2D eigenvalue weighted by atomic mass is 32.3. The second kappa shape index (κ2) is 35.4. The number of amides is 8. The number of carbonyl (C=O) groups excluding carboxylic acids is 8. The molecule has 0 aliphatic carbocycles. The van der Waals surface area contributed by atoms with Crippen molar-refractivity contribution in [2.75, 3.05) is 32.8 Å². The van der Waals surface area contributed by atoms with Crippen LogP contribution in [0.2, 0.25) is 0 Å². The van der Waals surface area contributed by atoms with E-state index in [1.807, 2.05) is 0 Å². The van der Waals surface area contributed by atoms with Gasteiger partial charge in [-0.1, -0.05) is 10.4 Å². The standard InChI is InChI=1S/C46H77N15O24S2/c1-24(64)51-30(11-5-8-14-60-18-27(56-58-60)22-80-45-36(52-25(2)65)38(69)40(32(20-62)82-45)84-86(74,75)76)43(72)49-17-35(68)55-31(44(73)50-16-34(67)54-29(42(48)71)10-4-7-13-47)12-6-9-15-61-19-28(57-59-61)23-81-46-37(53-26(3)66)39(70)41(33(21-63)83-46)85-87(77,78)79/h18-19,29-33,36-41,45-46,62-63,69-70H,4-17,20-23,47H2,1-3H3,(H2,48,71)(H,49,72)(H,50,73)(H,51,64)(H,52,65)(H,53,66)(H,54,67)(H,55,68)(H,74,75,76)(H,77,78,79)/t29-,30-,31-,32+,33+,36+,37+,38+,39+,40-,41-,45+,46+/m0/s1. The molecule has 0 aromatic carbocycles. The first-order valence-corrected chi connectivity index (χ1v) is 29.9. The molecule has 39 nitrogen and oxygen atoms in total. The minimum Gasteiger partial charge on any atom is -0.394 e. The zero-order valence-corrected chi connectivity index (χ0v) is 49.2. The first kappa shape index (κ1) is 72.9. The number of aromatic nitrogens is 6. The number of hydrogen-bond acceptors (Lipinski definition) is 27. The Morgan fingerprint density at radius 3 is 1.37 bits per heavy atom. The lowest BCUT2D eigenvalue weighted by Crippen LogP contribution is -2.65. The van der Waals surface area contributed by atoms with Gasteiger partial charge in [-0.15, -0.1) is 10.2 Å². The van der Waals surface area contributed by atoms with E-state index < -0.39 is 174 Å². The topological polar surface area (TPSA) is 579 Å². The summed E-state index contributed by atoms with van der Waals surface area (Å²) < 4.78 is 98.3. The molecular formula is C46H77N15O24S2. The molecule has 17 N–H and O–H groups in total. The summed E-state index contributed by atoms with van der Waals surface area (Å²) >= 11 is 0. The Morgan fingerprint density at radius 2 is 1.00 bits per heavy atom. The Hall–Kier alpha value is -6.58. The Labute approximate surface area is 498 Å². The van der Waals surface area contributed by atoms with Crippen LogP contribution >= 0.6 is 0 Å². The number of aliphatic hydroxyl groups excluding tert-OH is 4. The number of ether oxygens (including phenoxy) is 4. The number of nitrogens with zero attached hydrogens (tertiary/aromatic N) is 6. The van der Waals surface area contributed by atoms with Crippen molar-refractivity contribution in [1.29, 1.82) is 0 Å². The molecular weight excluding hydrogens is 1210 g/mol.